The van der Waals surface area contributed by atoms with Gasteiger partial charge in [0.25, 0.3) is 0 Å². The summed E-state index contributed by atoms with van der Waals surface area (Å²) in [6, 6.07) is 13.1. The van der Waals surface area contributed by atoms with Crippen LogP contribution in [-0.2, 0) is 20.2 Å². The molecule has 0 aliphatic rings. The van der Waals surface area contributed by atoms with Crippen LogP contribution in [0.2, 0.25) is 5.02 Å². The highest BCUT2D eigenvalue weighted by atomic mass is 35.5. The Hall–Kier alpha value is -1.80. The third kappa shape index (κ3) is 8.00. The molecule has 0 radical (unpaired) electrons. The number of ether oxygens (including phenoxy) is 2. The molecule has 0 bridgehead atoms. The molecule has 1 N–H and O–H groups in total. The van der Waals surface area contributed by atoms with Crippen LogP contribution in [0.15, 0.2) is 42.5 Å². The third-order valence-corrected chi connectivity index (χ3v) is 5.92. The van der Waals surface area contributed by atoms with Crippen LogP contribution < -0.4 is 14.2 Å². The number of nitrogens with one attached hydrogen (secondary N) is 1. The fraction of sp³-hybridized carbons (Fsp3) is 0.409. The minimum Gasteiger partial charge on any atom is -0.494 e. The number of halogens is 2. The molecular formula is C22H27Cl2NO5S. The van der Waals surface area contributed by atoms with Crippen molar-refractivity contribution in [1.82, 2.24) is 4.72 Å². The van der Waals surface area contributed by atoms with Crippen molar-refractivity contribution < 1.29 is 22.7 Å². The molecule has 9 heteroatoms. The number of hydrogen-bond acceptors (Lipinski definition) is 5. The molecule has 0 aliphatic carbocycles. The van der Waals surface area contributed by atoms with Crippen LogP contribution in [0.4, 0.5) is 0 Å². The van der Waals surface area contributed by atoms with Gasteiger partial charge in [-0.1, -0.05) is 43.6 Å². The zero-order chi connectivity index (χ0) is 23.1. The third-order valence-electron chi connectivity index (χ3n) is 4.67. The molecule has 0 unspecified atom stereocenters. The second-order valence-electron chi connectivity index (χ2n) is 7.60. The molecule has 0 fully saturated rings. The van der Waals surface area contributed by atoms with Crippen molar-refractivity contribution in [3.63, 3.8) is 0 Å². The van der Waals surface area contributed by atoms with Gasteiger partial charge in [0.2, 0.25) is 10.0 Å². The normalized spacial score (nSPS) is 11.9. The first kappa shape index (κ1) is 25.5. The van der Waals surface area contributed by atoms with Gasteiger partial charge < -0.3 is 9.47 Å². The Morgan fingerprint density at radius 3 is 2.29 bits per heavy atom. The van der Waals surface area contributed by atoms with E-state index in [0.29, 0.717) is 23.3 Å². The molecule has 31 heavy (non-hydrogen) atoms. The van der Waals surface area contributed by atoms with Crippen LogP contribution in [0, 0.1) is 0 Å². The van der Waals surface area contributed by atoms with Crippen molar-refractivity contribution in [3.05, 3.63) is 58.6 Å². The van der Waals surface area contributed by atoms with Crippen LogP contribution in [0.1, 0.15) is 31.4 Å². The Kier molecular flexibility index (Phi) is 9.18. The van der Waals surface area contributed by atoms with Gasteiger partial charge in [-0.2, -0.15) is 0 Å². The fourth-order valence-electron chi connectivity index (χ4n) is 2.89. The molecule has 0 aliphatic heterocycles. The highest BCUT2D eigenvalue weighted by molar-refractivity contribution is 7.88. The van der Waals surface area contributed by atoms with Crippen LogP contribution in [0.25, 0.3) is 0 Å². The van der Waals surface area contributed by atoms with E-state index in [-0.39, 0.29) is 24.3 Å². The lowest BCUT2D eigenvalue weighted by Crippen LogP contribution is -2.31. The summed E-state index contributed by atoms with van der Waals surface area (Å²) < 4.78 is 35.3. The van der Waals surface area contributed by atoms with E-state index in [4.69, 9.17) is 32.7 Å². The SMILES string of the molecule is CC(C)(c1ccc(OCCCCl)cc1)c1ccc(OCC(=O)CNS(C)(=O)=O)cc1Cl. The predicted octanol–water partition coefficient (Wildman–Crippen LogP) is 4.17. The maximum absolute atomic E-state index is 11.8. The van der Waals surface area contributed by atoms with Crippen molar-refractivity contribution >= 4 is 39.0 Å². The molecule has 170 valence electrons. The van der Waals surface area contributed by atoms with Gasteiger partial charge in [0.15, 0.2) is 5.78 Å². The molecule has 0 heterocycles. The molecule has 0 spiro atoms. The van der Waals surface area contributed by atoms with E-state index in [0.717, 1.165) is 29.6 Å². The molecule has 0 aromatic heterocycles. The maximum Gasteiger partial charge on any atom is 0.209 e. The first-order valence-electron chi connectivity index (χ1n) is 9.71. The predicted molar refractivity (Wildman–Crippen MR) is 124 cm³/mol. The van der Waals surface area contributed by atoms with E-state index < -0.39 is 10.0 Å². The van der Waals surface area contributed by atoms with E-state index >= 15 is 0 Å². The minimum atomic E-state index is -3.43. The van der Waals surface area contributed by atoms with Crippen molar-refractivity contribution in [3.8, 4) is 11.5 Å². The number of sulfonamides is 1. The fourth-order valence-corrected chi connectivity index (χ4v) is 3.83. The molecule has 6 nitrogen and oxygen atoms in total. The second-order valence-corrected chi connectivity index (χ2v) is 10.2. The topological polar surface area (TPSA) is 81.7 Å². The van der Waals surface area contributed by atoms with Crippen molar-refractivity contribution in [2.75, 3.05) is 31.9 Å². The molecule has 0 atom stereocenters. The van der Waals surface area contributed by atoms with Gasteiger partial charge in [-0.25, -0.2) is 13.1 Å². The Morgan fingerprint density at radius 1 is 1.06 bits per heavy atom. The number of rotatable bonds is 12. The first-order chi connectivity index (χ1) is 14.5. The van der Waals surface area contributed by atoms with Crippen molar-refractivity contribution in [2.24, 2.45) is 0 Å². The van der Waals surface area contributed by atoms with Gasteiger partial charge in [-0.3, -0.25) is 4.79 Å². The van der Waals surface area contributed by atoms with Gasteiger partial charge in [0, 0.05) is 16.3 Å². The molecular weight excluding hydrogens is 461 g/mol. The molecule has 2 rings (SSSR count). The Balaban J connectivity index is 2.04. The summed E-state index contributed by atoms with van der Waals surface area (Å²) >= 11 is 12.2. The van der Waals surface area contributed by atoms with Crippen LogP contribution in [0.3, 0.4) is 0 Å². The minimum absolute atomic E-state index is 0.257. The quantitative estimate of drug-likeness (QED) is 0.358. The maximum atomic E-state index is 11.8. The number of alkyl halides is 1. The van der Waals surface area contributed by atoms with E-state index in [1.807, 2.05) is 30.3 Å². The number of carbonyl (C=O) groups is 1. The highest BCUT2D eigenvalue weighted by Gasteiger charge is 2.26. The molecule has 0 amide bonds. The highest BCUT2D eigenvalue weighted by Crippen LogP contribution is 2.38. The largest absolute Gasteiger partial charge is 0.494 e. The van der Waals surface area contributed by atoms with Crippen LogP contribution in [-0.4, -0.2) is 46.1 Å². The van der Waals surface area contributed by atoms with E-state index in [2.05, 4.69) is 18.6 Å². The Bertz CT molecular complexity index is 991. The molecule has 2 aromatic carbocycles. The molecule has 2 aromatic rings. The smallest absolute Gasteiger partial charge is 0.209 e. The summed E-state index contributed by atoms with van der Waals surface area (Å²) in [6.07, 6.45) is 1.78. The standard InChI is InChI=1S/C22H27Cl2NO5S/c1-22(2,16-5-7-18(8-6-16)29-12-4-11-23)20-10-9-19(13-21(20)24)30-15-17(26)14-25-31(3,27)28/h5-10,13,25H,4,11-12,14-15H2,1-3H3. The van der Waals surface area contributed by atoms with Crippen molar-refractivity contribution in [1.29, 1.82) is 0 Å². The van der Waals surface area contributed by atoms with Gasteiger partial charge in [0.1, 0.15) is 18.1 Å². The lowest BCUT2D eigenvalue weighted by Gasteiger charge is -2.27. The number of benzene rings is 2. The van der Waals surface area contributed by atoms with Crippen molar-refractivity contribution in [2.45, 2.75) is 25.7 Å². The van der Waals surface area contributed by atoms with E-state index in [9.17, 15) is 13.2 Å². The molecule has 0 saturated heterocycles. The number of carbonyl (C=O) groups excluding carboxylic acids is 1. The lowest BCUT2D eigenvalue weighted by molar-refractivity contribution is -0.119. The summed E-state index contributed by atoms with van der Waals surface area (Å²) in [6.45, 7) is 4.14. The summed E-state index contributed by atoms with van der Waals surface area (Å²) in [4.78, 5) is 11.8. The average Bonchev–Trinajstić information content (AvgIpc) is 2.70. The molecule has 0 saturated carbocycles. The monoisotopic (exact) mass is 487 g/mol. The van der Waals surface area contributed by atoms with E-state index in [1.54, 1.807) is 12.1 Å². The summed E-state index contributed by atoms with van der Waals surface area (Å²) in [5.74, 6) is 1.39. The van der Waals surface area contributed by atoms with E-state index in [1.165, 1.54) is 0 Å². The Labute approximate surface area is 193 Å². The van der Waals surface area contributed by atoms with Crippen LogP contribution >= 0.6 is 23.2 Å². The first-order valence-corrected chi connectivity index (χ1v) is 12.5. The van der Waals surface area contributed by atoms with Gasteiger partial charge in [0.05, 0.1) is 19.4 Å². The lowest BCUT2D eigenvalue weighted by atomic mass is 9.78. The Morgan fingerprint density at radius 2 is 1.71 bits per heavy atom. The average molecular weight is 488 g/mol. The number of ketones is 1. The second kappa shape index (κ2) is 11.2. The van der Waals surface area contributed by atoms with Gasteiger partial charge >= 0.3 is 0 Å². The van der Waals surface area contributed by atoms with Gasteiger partial charge in [-0.15, -0.1) is 11.6 Å². The van der Waals surface area contributed by atoms with Gasteiger partial charge in [-0.05, 0) is 41.8 Å². The zero-order valence-corrected chi connectivity index (χ0v) is 20.1. The van der Waals surface area contributed by atoms with Crippen LogP contribution in [0.5, 0.6) is 11.5 Å². The number of hydrogen-bond donors (Lipinski definition) is 1. The zero-order valence-electron chi connectivity index (χ0n) is 17.8. The summed E-state index contributed by atoms with van der Waals surface area (Å²) in [7, 11) is -3.43. The number of Topliss-reactive ketones (excluding diaryl/α,β-unsaturated/α-hetero) is 1. The summed E-state index contributed by atoms with van der Waals surface area (Å²) in [5.41, 5.74) is 1.59. The summed E-state index contributed by atoms with van der Waals surface area (Å²) in [5, 5.41) is 0.506.